The van der Waals surface area contributed by atoms with Gasteiger partial charge in [0.05, 0.1) is 7.11 Å². The van der Waals surface area contributed by atoms with Crippen LogP contribution >= 0.6 is 0 Å². The Kier molecular flexibility index (Phi) is 4.49. The van der Waals surface area contributed by atoms with Crippen molar-refractivity contribution in [3.05, 3.63) is 0 Å². The number of hydrogen-bond donors (Lipinski definition) is 0. The van der Waals surface area contributed by atoms with E-state index in [4.69, 9.17) is 9.16 Å². The van der Waals surface area contributed by atoms with Crippen molar-refractivity contribution >= 4 is 14.4 Å². The predicted molar refractivity (Wildman–Crippen MR) is 75.2 cm³/mol. The Hall–Kier alpha value is -0.553. The molecule has 0 aromatic heterocycles. The molecule has 0 bridgehead atoms. The van der Waals surface area contributed by atoms with Gasteiger partial charge in [0.15, 0.2) is 8.32 Å². The fraction of sp³-hybridized carbons (Fsp3) is 0.923. The van der Waals surface area contributed by atoms with Crippen molar-refractivity contribution in [2.24, 2.45) is 5.92 Å². The molecule has 0 spiro atoms. The Labute approximate surface area is 112 Å². The minimum absolute atomic E-state index is 0.242. The molecule has 1 saturated carbocycles. The quantitative estimate of drug-likeness (QED) is 0.739. The average Bonchev–Trinajstić information content (AvgIpc) is 3.02. The zero-order chi connectivity index (χ0) is 14.1. The van der Waals surface area contributed by atoms with E-state index >= 15 is 0 Å². The maximum Gasteiger partial charge on any atom is 0.409 e. The Bertz CT molecular complexity index is 312. The van der Waals surface area contributed by atoms with Gasteiger partial charge < -0.3 is 14.1 Å². The summed E-state index contributed by atoms with van der Waals surface area (Å²) in [7, 11) is 1.55. The molecule has 18 heavy (non-hydrogen) atoms. The van der Waals surface area contributed by atoms with Gasteiger partial charge in [0, 0.05) is 25.6 Å². The minimum atomic E-state index is -1.66. The van der Waals surface area contributed by atoms with E-state index in [0.29, 0.717) is 12.0 Å². The third kappa shape index (κ3) is 3.48. The summed E-state index contributed by atoms with van der Waals surface area (Å²) in [5.41, 5.74) is 0. The lowest BCUT2D eigenvalue weighted by Gasteiger charge is -2.36. The zero-order valence-corrected chi connectivity index (χ0v) is 13.7. The highest BCUT2D eigenvalue weighted by molar-refractivity contribution is 6.74. The van der Waals surface area contributed by atoms with Crippen molar-refractivity contribution in [1.82, 2.24) is 4.90 Å². The van der Waals surface area contributed by atoms with Crippen LogP contribution in [0.2, 0.25) is 18.1 Å². The molecule has 0 unspecified atom stereocenters. The van der Waals surface area contributed by atoms with Crippen LogP contribution in [0.4, 0.5) is 4.79 Å². The van der Waals surface area contributed by atoms with E-state index in [1.807, 2.05) is 0 Å². The number of methoxy groups -OCH3 is 1. The normalized spacial score (nSPS) is 23.7. The van der Waals surface area contributed by atoms with E-state index in [0.717, 1.165) is 13.0 Å². The predicted octanol–water partition coefficient (Wildman–Crippen LogP) is 3.09. The third-order valence-corrected chi connectivity index (χ3v) is 8.81. The van der Waals surface area contributed by atoms with Crippen molar-refractivity contribution in [1.29, 1.82) is 0 Å². The number of ether oxygens (including phenoxy) is 1. The van der Waals surface area contributed by atoms with Gasteiger partial charge in [0.25, 0.3) is 0 Å². The fourth-order valence-corrected chi connectivity index (χ4v) is 2.76. The van der Waals surface area contributed by atoms with Gasteiger partial charge in [-0.3, -0.25) is 0 Å². The van der Waals surface area contributed by atoms with E-state index < -0.39 is 8.32 Å². The molecule has 1 rings (SSSR count). The van der Waals surface area contributed by atoms with Gasteiger partial charge in [-0.15, -0.1) is 0 Å². The topological polar surface area (TPSA) is 38.8 Å². The number of carbonyl (C=O) groups is 1. The first kappa shape index (κ1) is 15.5. The van der Waals surface area contributed by atoms with Crippen molar-refractivity contribution in [2.75, 3.05) is 20.8 Å². The molecule has 0 aliphatic heterocycles. The first-order valence-electron chi connectivity index (χ1n) is 6.55. The van der Waals surface area contributed by atoms with E-state index in [2.05, 4.69) is 33.9 Å². The van der Waals surface area contributed by atoms with E-state index in [-0.39, 0.29) is 11.1 Å². The second-order valence-electron chi connectivity index (χ2n) is 6.72. The van der Waals surface area contributed by atoms with Crippen LogP contribution in [-0.4, -0.2) is 46.1 Å². The Morgan fingerprint density at radius 1 is 1.39 bits per heavy atom. The third-order valence-electron chi connectivity index (χ3n) is 4.31. The molecular weight excluding hydrogens is 246 g/mol. The molecule has 1 aliphatic carbocycles. The summed E-state index contributed by atoms with van der Waals surface area (Å²) in [6.07, 6.45) is 0.773. The highest BCUT2D eigenvalue weighted by Gasteiger charge is 2.45. The summed E-state index contributed by atoms with van der Waals surface area (Å²) in [5, 5.41) is 0.242. The summed E-state index contributed by atoms with van der Waals surface area (Å²) < 4.78 is 10.9. The van der Waals surface area contributed by atoms with Gasteiger partial charge >= 0.3 is 6.09 Å². The molecule has 1 amide bonds. The summed E-state index contributed by atoms with van der Waals surface area (Å²) in [6.45, 7) is 12.0. The zero-order valence-electron chi connectivity index (χ0n) is 12.7. The summed E-state index contributed by atoms with van der Waals surface area (Å²) in [6, 6.07) is 0.294. The molecule has 2 atom stereocenters. The molecule has 4 nitrogen and oxygen atoms in total. The van der Waals surface area contributed by atoms with Crippen LogP contribution in [0.15, 0.2) is 0 Å². The minimum Gasteiger partial charge on any atom is -0.453 e. The second kappa shape index (κ2) is 5.21. The van der Waals surface area contributed by atoms with Crippen LogP contribution in [-0.2, 0) is 9.16 Å². The van der Waals surface area contributed by atoms with Crippen LogP contribution in [0, 0.1) is 5.92 Å². The van der Waals surface area contributed by atoms with Crippen molar-refractivity contribution in [3.8, 4) is 0 Å². The van der Waals surface area contributed by atoms with Gasteiger partial charge in [-0.25, -0.2) is 4.79 Å². The molecule has 0 aromatic rings. The number of hydrogen-bond acceptors (Lipinski definition) is 3. The Morgan fingerprint density at radius 2 is 1.94 bits per heavy atom. The monoisotopic (exact) mass is 273 g/mol. The molecule has 0 aromatic carbocycles. The highest BCUT2D eigenvalue weighted by atomic mass is 28.4. The largest absolute Gasteiger partial charge is 0.453 e. The lowest BCUT2D eigenvalue weighted by atomic mass is 10.2. The van der Waals surface area contributed by atoms with Crippen molar-refractivity contribution in [2.45, 2.75) is 51.4 Å². The molecule has 1 fully saturated rings. The lowest BCUT2D eigenvalue weighted by molar-refractivity contribution is 0.127. The standard InChI is InChI=1S/C13H27NO3Si/c1-13(2,3)18(6,7)17-9-10-8-11(10)14(4)12(15)16-5/h10-11H,8-9H2,1-7H3/t10-,11-/m1/s1. The number of amides is 1. The molecule has 106 valence electrons. The Balaban J connectivity index is 2.39. The first-order valence-corrected chi connectivity index (χ1v) is 9.45. The van der Waals surface area contributed by atoms with Crippen molar-refractivity contribution < 1.29 is 14.0 Å². The van der Waals surface area contributed by atoms with Gasteiger partial charge in [-0.2, -0.15) is 0 Å². The first-order chi connectivity index (χ1) is 8.10. The number of carbonyl (C=O) groups excluding carboxylic acids is 1. The van der Waals surface area contributed by atoms with Gasteiger partial charge in [-0.1, -0.05) is 20.8 Å². The molecule has 0 heterocycles. The molecule has 0 N–H and O–H groups in total. The van der Waals surface area contributed by atoms with Crippen molar-refractivity contribution in [3.63, 3.8) is 0 Å². The number of nitrogens with zero attached hydrogens (tertiary/aromatic N) is 1. The average molecular weight is 273 g/mol. The second-order valence-corrected chi connectivity index (χ2v) is 11.5. The van der Waals surface area contributed by atoms with Crippen LogP contribution < -0.4 is 0 Å². The molecule has 0 saturated heterocycles. The van der Waals surface area contributed by atoms with Gasteiger partial charge in [0.2, 0.25) is 0 Å². The molecule has 0 radical (unpaired) electrons. The van der Waals surface area contributed by atoms with E-state index in [1.54, 1.807) is 11.9 Å². The Morgan fingerprint density at radius 3 is 2.39 bits per heavy atom. The summed E-state index contributed by atoms with van der Waals surface area (Å²) >= 11 is 0. The van der Waals surface area contributed by atoms with Gasteiger partial charge in [-0.05, 0) is 24.6 Å². The van der Waals surface area contributed by atoms with Crippen LogP contribution in [0.1, 0.15) is 27.2 Å². The highest BCUT2D eigenvalue weighted by Crippen LogP contribution is 2.40. The number of rotatable bonds is 4. The lowest BCUT2D eigenvalue weighted by Crippen LogP contribution is -2.41. The molecule has 1 aliphatic rings. The maximum absolute atomic E-state index is 11.4. The van der Waals surface area contributed by atoms with Crippen LogP contribution in [0.25, 0.3) is 0 Å². The molecular formula is C13H27NO3Si. The van der Waals surface area contributed by atoms with Crippen LogP contribution in [0.3, 0.4) is 0 Å². The summed E-state index contributed by atoms with van der Waals surface area (Å²) in [5.74, 6) is 0.475. The maximum atomic E-state index is 11.4. The van der Waals surface area contributed by atoms with Crippen LogP contribution in [0.5, 0.6) is 0 Å². The smallest absolute Gasteiger partial charge is 0.409 e. The SMILES string of the molecule is COC(=O)N(C)[C@@H]1C[C@@H]1CO[Si](C)(C)C(C)(C)C. The fourth-order valence-electron chi connectivity index (χ4n) is 1.70. The van der Waals surface area contributed by atoms with E-state index in [9.17, 15) is 4.79 Å². The molecule has 5 heteroatoms. The van der Waals surface area contributed by atoms with Gasteiger partial charge in [0.1, 0.15) is 0 Å². The summed E-state index contributed by atoms with van der Waals surface area (Å²) in [4.78, 5) is 13.1. The van der Waals surface area contributed by atoms with E-state index in [1.165, 1.54) is 7.11 Å².